The van der Waals surface area contributed by atoms with Crippen LogP contribution in [0.15, 0.2) is 36.4 Å². The van der Waals surface area contributed by atoms with Crippen LogP contribution in [0.5, 0.6) is 23.0 Å². The van der Waals surface area contributed by atoms with Gasteiger partial charge < -0.3 is 19.7 Å². The molecule has 0 spiro atoms. The van der Waals surface area contributed by atoms with Crippen LogP contribution in [-0.4, -0.2) is 29.2 Å². The van der Waals surface area contributed by atoms with Crippen LogP contribution in [0.4, 0.5) is 0 Å². The van der Waals surface area contributed by atoms with Crippen molar-refractivity contribution in [1.29, 1.82) is 0 Å². The molecule has 0 aliphatic rings. The quantitative estimate of drug-likeness (QED) is 0.366. The number of unbranched alkanes of at least 4 members (excludes halogenated alkanes) is 2. The standard InChI is InChI=1S/C21H26O5/c1-3-5-13-25-16-9-7-15(8-10-16)19(22)17-11-12-18(21(24)20(17)23)26-14-6-4-2/h7-12,23-24H,3-6,13-14H2,1-2H3. The Morgan fingerprint density at radius 1 is 0.846 bits per heavy atom. The number of ketones is 1. The smallest absolute Gasteiger partial charge is 0.201 e. The number of rotatable bonds is 10. The zero-order chi connectivity index (χ0) is 18.9. The summed E-state index contributed by atoms with van der Waals surface area (Å²) in [5.74, 6) is -0.384. The second-order valence-corrected chi connectivity index (χ2v) is 6.07. The SMILES string of the molecule is CCCCOc1ccc(C(=O)c2ccc(OCCCC)c(O)c2O)cc1. The fourth-order valence-electron chi connectivity index (χ4n) is 2.38. The van der Waals surface area contributed by atoms with E-state index >= 15 is 0 Å². The summed E-state index contributed by atoms with van der Waals surface area (Å²) < 4.78 is 11.0. The Morgan fingerprint density at radius 3 is 2.08 bits per heavy atom. The third kappa shape index (κ3) is 4.91. The maximum absolute atomic E-state index is 12.6. The molecule has 0 aromatic heterocycles. The predicted octanol–water partition coefficient (Wildman–Crippen LogP) is 4.69. The topological polar surface area (TPSA) is 76.0 Å². The summed E-state index contributed by atoms with van der Waals surface area (Å²) in [6.07, 6.45) is 3.83. The number of ether oxygens (including phenoxy) is 2. The molecule has 0 aliphatic heterocycles. The van der Waals surface area contributed by atoms with Gasteiger partial charge in [0.15, 0.2) is 17.3 Å². The monoisotopic (exact) mass is 358 g/mol. The van der Waals surface area contributed by atoms with E-state index in [9.17, 15) is 15.0 Å². The summed E-state index contributed by atoms with van der Waals surface area (Å²) in [7, 11) is 0. The Labute approximate surface area is 154 Å². The second-order valence-electron chi connectivity index (χ2n) is 6.07. The molecule has 0 saturated heterocycles. The van der Waals surface area contributed by atoms with Gasteiger partial charge >= 0.3 is 0 Å². The van der Waals surface area contributed by atoms with Gasteiger partial charge in [0.05, 0.1) is 18.8 Å². The lowest BCUT2D eigenvalue weighted by atomic mass is 10.0. The van der Waals surface area contributed by atoms with Crippen LogP contribution in [-0.2, 0) is 0 Å². The summed E-state index contributed by atoms with van der Waals surface area (Å²) in [6.45, 7) is 5.20. The Hall–Kier alpha value is -2.69. The van der Waals surface area contributed by atoms with E-state index in [2.05, 4.69) is 6.92 Å². The highest BCUT2D eigenvalue weighted by Gasteiger charge is 2.19. The maximum Gasteiger partial charge on any atom is 0.201 e. The van der Waals surface area contributed by atoms with Crippen molar-refractivity contribution in [2.45, 2.75) is 39.5 Å². The van der Waals surface area contributed by atoms with Crippen molar-refractivity contribution in [3.05, 3.63) is 47.5 Å². The number of hydrogen-bond acceptors (Lipinski definition) is 5. The van der Waals surface area contributed by atoms with Crippen LogP contribution >= 0.6 is 0 Å². The number of benzene rings is 2. The van der Waals surface area contributed by atoms with Gasteiger partial charge in [0, 0.05) is 5.56 Å². The van der Waals surface area contributed by atoms with E-state index in [1.165, 1.54) is 12.1 Å². The minimum atomic E-state index is -0.465. The molecule has 0 bridgehead atoms. The molecule has 0 atom stereocenters. The summed E-state index contributed by atoms with van der Waals surface area (Å²) in [5.41, 5.74) is 0.437. The zero-order valence-electron chi connectivity index (χ0n) is 15.3. The molecule has 0 unspecified atom stereocenters. The van der Waals surface area contributed by atoms with Gasteiger partial charge in [-0.3, -0.25) is 4.79 Å². The van der Waals surface area contributed by atoms with Crippen LogP contribution in [0.3, 0.4) is 0 Å². The lowest BCUT2D eigenvalue weighted by Crippen LogP contribution is -2.04. The van der Waals surface area contributed by atoms with E-state index < -0.39 is 11.5 Å². The highest BCUT2D eigenvalue weighted by atomic mass is 16.5. The minimum Gasteiger partial charge on any atom is -0.504 e. The van der Waals surface area contributed by atoms with Crippen molar-refractivity contribution >= 4 is 5.78 Å². The minimum absolute atomic E-state index is 0.0324. The van der Waals surface area contributed by atoms with Crippen molar-refractivity contribution in [1.82, 2.24) is 0 Å². The first-order chi connectivity index (χ1) is 12.6. The van der Waals surface area contributed by atoms with E-state index in [1.807, 2.05) is 6.92 Å². The molecule has 2 aromatic rings. The van der Waals surface area contributed by atoms with Gasteiger partial charge in [0.1, 0.15) is 5.75 Å². The number of carbonyl (C=O) groups is 1. The fraction of sp³-hybridized carbons (Fsp3) is 0.381. The van der Waals surface area contributed by atoms with Crippen LogP contribution in [0.2, 0.25) is 0 Å². The molecule has 26 heavy (non-hydrogen) atoms. The fourth-order valence-corrected chi connectivity index (χ4v) is 2.38. The van der Waals surface area contributed by atoms with Crippen LogP contribution < -0.4 is 9.47 Å². The first-order valence-corrected chi connectivity index (χ1v) is 9.03. The van der Waals surface area contributed by atoms with Crippen LogP contribution in [0.25, 0.3) is 0 Å². The third-order valence-corrected chi connectivity index (χ3v) is 4.00. The van der Waals surface area contributed by atoms with E-state index in [1.54, 1.807) is 24.3 Å². The van der Waals surface area contributed by atoms with Gasteiger partial charge in [-0.25, -0.2) is 0 Å². The number of phenolic OH excluding ortho intramolecular Hbond substituents is 2. The van der Waals surface area contributed by atoms with Crippen molar-refractivity contribution in [3.8, 4) is 23.0 Å². The summed E-state index contributed by atoms with van der Waals surface area (Å²) in [4.78, 5) is 12.6. The highest BCUT2D eigenvalue weighted by molar-refractivity contribution is 6.11. The van der Waals surface area contributed by atoms with E-state index in [0.717, 1.165) is 25.7 Å². The van der Waals surface area contributed by atoms with Crippen molar-refractivity contribution in [2.75, 3.05) is 13.2 Å². The van der Waals surface area contributed by atoms with Gasteiger partial charge in [0.2, 0.25) is 5.75 Å². The molecule has 5 heteroatoms. The molecular formula is C21H26O5. The number of carbonyl (C=O) groups excluding carboxylic acids is 1. The normalized spacial score (nSPS) is 10.5. The van der Waals surface area contributed by atoms with Gasteiger partial charge in [-0.15, -0.1) is 0 Å². The lowest BCUT2D eigenvalue weighted by Gasteiger charge is -2.11. The highest BCUT2D eigenvalue weighted by Crippen LogP contribution is 2.39. The summed E-state index contributed by atoms with van der Waals surface area (Å²) in [6, 6.07) is 9.70. The molecule has 2 rings (SSSR count). The van der Waals surface area contributed by atoms with Crippen LogP contribution in [0.1, 0.15) is 55.5 Å². The van der Waals surface area contributed by atoms with Gasteiger partial charge in [-0.1, -0.05) is 26.7 Å². The Morgan fingerprint density at radius 2 is 1.46 bits per heavy atom. The largest absolute Gasteiger partial charge is 0.504 e. The first-order valence-electron chi connectivity index (χ1n) is 9.03. The zero-order valence-corrected chi connectivity index (χ0v) is 15.3. The molecule has 140 valence electrons. The van der Waals surface area contributed by atoms with E-state index in [-0.39, 0.29) is 17.1 Å². The molecule has 0 radical (unpaired) electrons. The number of hydrogen-bond donors (Lipinski definition) is 2. The maximum atomic E-state index is 12.6. The van der Waals surface area contributed by atoms with E-state index in [0.29, 0.717) is 24.5 Å². The molecule has 0 saturated carbocycles. The predicted molar refractivity (Wildman–Crippen MR) is 100 cm³/mol. The van der Waals surface area contributed by atoms with Crippen molar-refractivity contribution in [3.63, 3.8) is 0 Å². The van der Waals surface area contributed by atoms with Crippen molar-refractivity contribution < 1.29 is 24.5 Å². The van der Waals surface area contributed by atoms with Crippen molar-refractivity contribution in [2.24, 2.45) is 0 Å². The van der Waals surface area contributed by atoms with Gasteiger partial charge in [0.25, 0.3) is 0 Å². The Kier molecular flexibility index (Phi) is 7.33. The number of aromatic hydroxyl groups is 2. The molecular weight excluding hydrogens is 332 g/mol. The molecule has 5 nitrogen and oxygen atoms in total. The van der Waals surface area contributed by atoms with Gasteiger partial charge in [-0.05, 0) is 49.2 Å². The average Bonchev–Trinajstić information content (AvgIpc) is 2.66. The lowest BCUT2D eigenvalue weighted by molar-refractivity contribution is 0.103. The average molecular weight is 358 g/mol. The molecule has 2 aromatic carbocycles. The van der Waals surface area contributed by atoms with E-state index in [4.69, 9.17) is 9.47 Å². The Bertz CT molecular complexity index is 722. The molecule has 0 amide bonds. The third-order valence-electron chi connectivity index (χ3n) is 4.00. The van der Waals surface area contributed by atoms with Gasteiger partial charge in [-0.2, -0.15) is 0 Å². The molecule has 2 N–H and O–H groups in total. The molecule has 0 aliphatic carbocycles. The first kappa shape index (κ1) is 19.6. The summed E-state index contributed by atoms with van der Waals surface area (Å²) in [5, 5.41) is 20.3. The molecule has 0 heterocycles. The number of phenols is 2. The molecule has 0 fully saturated rings. The Balaban J connectivity index is 2.12. The summed E-state index contributed by atoms with van der Waals surface area (Å²) >= 11 is 0. The second kappa shape index (κ2) is 9.70. The van der Waals surface area contributed by atoms with Crippen LogP contribution in [0, 0.1) is 0 Å².